The van der Waals surface area contributed by atoms with Crippen LogP contribution in [0.1, 0.15) is 70.1 Å². The first-order chi connectivity index (χ1) is 16.7. The van der Waals surface area contributed by atoms with Crippen LogP contribution >= 0.6 is 0 Å². The highest BCUT2D eigenvalue weighted by molar-refractivity contribution is 5.83. The van der Waals surface area contributed by atoms with Crippen LogP contribution in [0.25, 0.3) is 0 Å². The van der Waals surface area contributed by atoms with Crippen molar-refractivity contribution >= 4 is 18.0 Å². The Hall–Kier alpha value is -3.07. The van der Waals surface area contributed by atoms with Crippen LogP contribution in [-0.4, -0.2) is 58.2 Å². The molecule has 4 rings (SSSR count). The van der Waals surface area contributed by atoms with Gasteiger partial charge in [-0.05, 0) is 58.4 Å². The van der Waals surface area contributed by atoms with E-state index >= 15 is 0 Å². The second-order valence-electron chi connectivity index (χ2n) is 10.5. The molecule has 1 aromatic carbocycles. The van der Waals surface area contributed by atoms with E-state index in [2.05, 4.69) is 5.32 Å². The van der Waals surface area contributed by atoms with Crippen LogP contribution < -0.4 is 5.32 Å². The Balaban J connectivity index is 1.38. The van der Waals surface area contributed by atoms with Crippen LogP contribution in [0, 0.1) is 0 Å². The molecule has 1 aliphatic heterocycles. The number of benzene rings is 1. The number of hydrazine groups is 1. The molecule has 0 radical (unpaired) electrons. The van der Waals surface area contributed by atoms with Gasteiger partial charge in [0, 0.05) is 32.1 Å². The summed E-state index contributed by atoms with van der Waals surface area (Å²) < 4.78 is 13.1. The zero-order chi connectivity index (χ0) is 25.0. The molecule has 2 atom stereocenters. The van der Waals surface area contributed by atoms with Gasteiger partial charge in [0.2, 0.25) is 0 Å². The monoisotopic (exact) mass is 483 g/mol. The van der Waals surface area contributed by atoms with E-state index in [0.29, 0.717) is 12.4 Å². The summed E-state index contributed by atoms with van der Waals surface area (Å²) in [5.41, 5.74) is 1.49. The van der Waals surface area contributed by atoms with Gasteiger partial charge in [0.05, 0.1) is 11.2 Å². The normalized spacial score (nSPS) is 21.1. The van der Waals surface area contributed by atoms with Crippen molar-refractivity contribution in [2.45, 2.75) is 77.0 Å². The molecule has 2 aliphatic rings. The molecule has 1 N–H and O–H groups in total. The van der Waals surface area contributed by atoms with Crippen LogP contribution in [0.3, 0.4) is 0 Å². The molecule has 2 amide bonds. The molecule has 2 heterocycles. The molecule has 0 unspecified atom stereocenters. The number of hydrogen-bond acceptors (Lipinski definition) is 6. The molecule has 1 aliphatic carbocycles. The number of nitrogens with one attached hydrogen (secondary N) is 1. The molecule has 35 heavy (non-hydrogen) atoms. The van der Waals surface area contributed by atoms with Crippen molar-refractivity contribution < 1.29 is 19.1 Å². The van der Waals surface area contributed by atoms with Crippen LogP contribution in [0.4, 0.5) is 15.4 Å². The van der Waals surface area contributed by atoms with E-state index in [-0.39, 0.29) is 30.3 Å². The number of rotatable bonds is 5. The smallest absolute Gasteiger partial charge is 0.424 e. The average Bonchev–Trinajstić information content (AvgIpc) is 3.45. The average molecular weight is 484 g/mol. The van der Waals surface area contributed by atoms with Crippen LogP contribution in [0.5, 0.6) is 0 Å². The highest BCUT2D eigenvalue weighted by Crippen LogP contribution is 2.37. The molecule has 190 valence electrons. The van der Waals surface area contributed by atoms with Crippen molar-refractivity contribution in [1.29, 1.82) is 0 Å². The predicted octanol–water partition coefficient (Wildman–Crippen LogP) is 5.10. The van der Waals surface area contributed by atoms with E-state index in [0.717, 1.165) is 49.9 Å². The fraction of sp³-hybridized carbons (Fsp3) is 0.577. The number of nitrogens with zero attached hydrogens (tertiary/aromatic N) is 4. The first-order valence-corrected chi connectivity index (χ1v) is 12.5. The number of ether oxygens (including phenoxy) is 2. The standard InChI is InChI=1S/C26H37N5O4/c1-26(2,3)31-23(27-24(32)34-18-19-10-6-5-7-11-19)17-22(28-31)20-12-13-21(16-20)35-25(33)30-15-9-8-14-29(30)4/h5-7,10-11,17,20-21H,8-9,12-16,18H2,1-4H3,(H,27,32)/t20-,21+/m0/s1. The second kappa shape index (κ2) is 10.7. The van der Waals surface area contributed by atoms with Crippen molar-refractivity contribution in [3.8, 4) is 0 Å². The third-order valence-corrected chi connectivity index (χ3v) is 6.60. The summed E-state index contributed by atoms with van der Waals surface area (Å²) >= 11 is 0. The van der Waals surface area contributed by atoms with Crippen molar-refractivity contribution in [3.05, 3.63) is 47.7 Å². The third-order valence-electron chi connectivity index (χ3n) is 6.60. The number of hydrogen-bond donors (Lipinski definition) is 1. The maximum atomic E-state index is 12.7. The largest absolute Gasteiger partial charge is 0.445 e. The van der Waals surface area contributed by atoms with Gasteiger partial charge in [0.1, 0.15) is 18.5 Å². The Labute approximate surface area is 207 Å². The lowest BCUT2D eigenvalue weighted by atomic mass is 10.0. The van der Waals surface area contributed by atoms with Gasteiger partial charge in [0.15, 0.2) is 0 Å². The highest BCUT2D eigenvalue weighted by Gasteiger charge is 2.34. The molecule has 0 bridgehead atoms. The van der Waals surface area contributed by atoms with E-state index < -0.39 is 6.09 Å². The van der Waals surface area contributed by atoms with Gasteiger partial charge < -0.3 is 9.47 Å². The van der Waals surface area contributed by atoms with Gasteiger partial charge in [0.25, 0.3) is 0 Å². The maximum Gasteiger partial charge on any atom is 0.424 e. The molecule has 1 saturated heterocycles. The molecule has 0 spiro atoms. The SMILES string of the molecule is CN1CCCCN1C(=O)O[C@@H]1CC[C@H](c2cc(NC(=O)OCc3ccccc3)n(C(C)(C)C)n2)C1. The fourth-order valence-electron chi connectivity index (χ4n) is 4.71. The molecular weight excluding hydrogens is 446 g/mol. The Morgan fingerprint density at radius 3 is 2.57 bits per heavy atom. The van der Waals surface area contributed by atoms with Crippen molar-refractivity contribution in [3.63, 3.8) is 0 Å². The molecule has 2 fully saturated rings. The minimum absolute atomic E-state index is 0.130. The van der Waals surface area contributed by atoms with E-state index in [1.54, 1.807) is 5.01 Å². The first-order valence-electron chi connectivity index (χ1n) is 12.5. The van der Waals surface area contributed by atoms with Gasteiger partial charge in [-0.25, -0.2) is 24.3 Å². The Bertz CT molecular complexity index is 1020. The lowest BCUT2D eigenvalue weighted by Gasteiger charge is -2.35. The fourth-order valence-corrected chi connectivity index (χ4v) is 4.71. The quantitative estimate of drug-likeness (QED) is 0.636. The van der Waals surface area contributed by atoms with E-state index in [1.807, 2.05) is 73.9 Å². The number of amides is 2. The van der Waals surface area contributed by atoms with Crippen LogP contribution in [0.15, 0.2) is 36.4 Å². The molecular formula is C26H37N5O4. The summed E-state index contributed by atoms with van der Waals surface area (Å²) in [4.78, 5) is 25.2. The van der Waals surface area contributed by atoms with Gasteiger partial charge in [-0.2, -0.15) is 5.10 Å². The molecule has 2 aromatic rings. The number of carbonyl (C=O) groups excluding carboxylic acids is 2. The molecule has 9 heteroatoms. The second-order valence-corrected chi connectivity index (χ2v) is 10.5. The summed E-state index contributed by atoms with van der Waals surface area (Å²) in [6.45, 7) is 7.90. The lowest BCUT2D eigenvalue weighted by Crippen LogP contribution is -2.49. The first kappa shape index (κ1) is 25.0. The molecule has 1 aromatic heterocycles. The van der Waals surface area contributed by atoms with Crippen molar-refractivity contribution in [2.75, 3.05) is 25.5 Å². The number of aromatic nitrogens is 2. The van der Waals surface area contributed by atoms with Crippen molar-refractivity contribution in [1.82, 2.24) is 19.8 Å². The number of anilines is 1. The van der Waals surface area contributed by atoms with Gasteiger partial charge in [-0.1, -0.05) is 30.3 Å². The minimum Gasteiger partial charge on any atom is -0.445 e. The van der Waals surface area contributed by atoms with Gasteiger partial charge in [-0.3, -0.25) is 5.32 Å². The van der Waals surface area contributed by atoms with Crippen LogP contribution in [-0.2, 0) is 21.6 Å². The summed E-state index contributed by atoms with van der Waals surface area (Å²) in [5.74, 6) is 0.761. The maximum absolute atomic E-state index is 12.7. The topological polar surface area (TPSA) is 88.9 Å². The van der Waals surface area contributed by atoms with Crippen LogP contribution in [0.2, 0.25) is 0 Å². The van der Waals surface area contributed by atoms with E-state index in [4.69, 9.17) is 14.6 Å². The summed E-state index contributed by atoms with van der Waals surface area (Å²) in [6.07, 6.45) is 3.60. The summed E-state index contributed by atoms with van der Waals surface area (Å²) in [7, 11) is 1.93. The third kappa shape index (κ3) is 6.33. The summed E-state index contributed by atoms with van der Waals surface area (Å²) in [5, 5.41) is 11.3. The molecule has 1 saturated carbocycles. The summed E-state index contributed by atoms with van der Waals surface area (Å²) in [6, 6.07) is 11.5. The highest BCUT2D eigenvalue weighted by atomic mass is 16.6. The Morgan fingerprint density at radius 1 is 1.11 bits per heavy atom. The van der Waals surface area contributed by atoms with Crippen molar-refractivity contribution in [2.24, 2.45) is 0 Å². The van der Waals surface area contributed by atoms with Gasteiger partial charge >= 0.3 is 12.2 Å². The predicted molar refractivity (Wildman–Crippen MR) is 133 cm³/mol. The van der Waals surface area contributed by atoms with E-state index in [1.165, 1.54) is 0 Å². The van der Waals surface area contributed by atoms with E-state index in [9.17, 15) is 9.59 Å². The van der Waals surface area contributed by atoms with Gasteiger partial charge in [-0.15, -0.1) is 0 Å². The lowest BCUT2D eigenvalue weighted by molar-refractivity contribution is -0.0364. The number of carbonyl (C=O) groups is 2. The minimum atomic E-state index is -0.519. The zero-order valence-corrected chi connectivity index (χ0v) is 21.2. The zero-order valence-electron chi connectivity index (χ0n) is 21.2. The Kier molecular flexibility index (Phi) is 7.64. The Morgan fingerprint density at radius 2 is 1.86 bits per heavy atom. The molecule has 9 nitrogen and oxygen atoms in total.